The molecular formula is C24H28N6O3S. The molecule has 0 aliphatic carbocycles. The number of H-pyrrole nitrogens is 1. The molecule has 0 bridgehead atoms. The number of aryl methyl sites for hydroxylation is 1. The van der Waals surface area contributed by atoms with Gasteiger partial charge in [0.05, 0.1) is 30.6 Å². The van der Waals surface area contributed by atoms with Crippen LogP contribution in [0.1, 0.15) is 35.6 Å². The number of aromatic nitrogens is 4. The maximum absolute atomic E-state index is 12.1. The third-order valence-electron chi connectivity index (χ3n) is 6.43. The van der Waals surface area contributed by atoms with Crippen LogP contribution in [0.5, 0.6) is 0 Å². The van der Waals surface area contributed by atoms with E-state index in [1.54, 1.807) is 12.3 Å². The van der Waals surface area contributed by atoms with Crippen LogP contribution in [0, 0.1) is 6.92 Å². The van der Waals surface area contributed by atoms with Gasteiger partial charge in [-0.3, -0.25) is 5.10 Å². The van der Waals surface area contributed by atoms with Gasteiger partial charge in [0.2, 0.25) is 0 Å². The molecule has 3 aromatic heterocycles. The van der Waals surface area contributed by atoms with Gasteiger partial charge in [0.15, 0.2) is 14.9 Å². The van der Waals surface area contributed by atoms with Crippen molar-refractivity contribution in [2.75, 3.05) is 38.0 Å². The molecule has 3 aromatic rings. The molecule has 0 aromatic carbocycles. The van der Waals surface area contributed by atoms with Gasteiger partial charge in [0, 0.05) is 49.1 Å². The van der Waals surface area contributed by atoms with E-state index in [9.17, 15) is 8.42 Å². The molecule has 9 nitrogen and oxygen atoms in total. The molecule has 1 N–H and O–H groups in total. The molecule has 1 saturated heterocycles. The summed E-state index contributed by atoms with van der Waals surface area (Å²) >= 11 is 0. The Bertz CT molecular complexity index is 1350. The van der Waals surface area contributed by atoms with Gasteiger partial charge in [0.1, 0.15) is 11.9 Å². The Labute approximate surface area is 199 Å². The summed E-state index contributed by atoms with van der Waals surface area (Å²) in [5.74, 6) is 0.865. The van der Waals surface area contributed by atoms with E-state index in [1.807, 2.05) is 32.3 Å². The smallest absolute Gasteiger partial charge is 0.192 e. The number of nitrogens with one attached hydrogen (secondary N) is 1. The largest absolute Gasteiger partial charge is 0.377 e. The first-order valence-electron chi connectivity index (χ1n) is 11.2. The van der Waals surface area contributed by atoms with Crippen LogP contribution in [0.4, 0.5) is 5.82 Å². The molecule has 2 aliphatic rings. The third-order valence-corrected chi connectivity index (χ3v) is 7.41. The summed E-state index contributed by atoms with van der Waals surface area (Å²) in [5, 5.41) is 7.33. The molecule has 5 rings (SSSR count). The number of anilines is 1. The van der Waals surface area contributed by atoms with Crippen LogP contribution in [0.15, 0.2) is 41.7 Å². The average Bonchev–Trinajstić information content (AvgIpc) is 3.32. The standard InChI is InChI=1S/C24H28N6O3S/c1-15-14-33-12-11-30(15)21-13-19(17-5-6-22(26-16(17)2)34(4,31)32)18-8-10-29(3)24(23(18)27-21)20-7-9-25-28-20/h5-10,13,15,24H,11-12,14H2,1-4H3,(H,25,28)/t15-,24?/m1/s1. The molecule has 0 amide bonds. The highest BCUT2D eigenvalue weighted by Gasteiger charge is 2.31. The topological polar surface area (TPSA) is 104 Å². The number of hydrogen-bond donors (Lipinski definition) is 1. The zero-order valence-corrected chi connectivity index (χ0v) is 20.5. The second kappa shape index (κ2) is 8.52. The van der Waals surface area contributed by atoms with Crippen molar-refractivity contribution in [3.05, 3.63) is 59.3 Å². The number of fused-ring (bicyclic) bond motifs is 1. The van der Waals surface area contributed by atoms with Crippen molar-refractivity contribution in [2.24, 2.45) is 0 Å². The minimum absolute atomic E-state index is 0.0734. The summed E-state index contributed by atoms with van der Waals surface area (Å²) in [6.45, 7) is 6.01. The first kappa shape index (κ1) is 22.5. The van der Waals surface area contributed by atoms with Crippen LogP contribution < -0.4 is 4.90 Å². The maximum atomic E-state index is 12.1. The van der Waals surface area contributed by atoms with E-state index in [2.05, 4.69) is 44.0 Å². The second-order valence-electron chi connectivity index (χ2n) is 8.89. The fraction of sp³-hybridized carbons (Fsp3) is 0.375. The van der Waals surface area contributed by atoms with Crippen molar-refractivity contribution in [1.82, 2.24) is 25.1 Å². The lowest BCUT2D eigenvalue weighted by Crippen LogP contribution is -2.44. The predicted molar refractivity (Wildman–Crippen MR) is 130 cm³/mol. The molecule has 2 aliphatic heterocycles. The van der Waals surface area contributed by atoms with Gasteiger partial charge in [-0.25, -0.2) is 18.4 Å². The summed E-state index contributed by atoms with van der Waals surface area (Å²) in [6, 6.07) is 7.51. The van der Waals surface area contributed by atoms with E-state index < -0.39 is 9.84 Å². The highest BCUT2D eigenvalue weighted by molar-refractivity contribution is 7.90. The van der Waals surface area contributed by atoms with Crippen molar-refractivity contribution < 1.29 is 13.2 Å². The molecule has 5 heterocycles. The number of sulfone groups is 1. The fourth-order valence-electron chi connectivity index (χ4n) is 4.67. The Morgan fingerprint density at radius 2 is 2.00 bits per heavy atom. The summed E-state index contributed by atoms with van der Waals surface area (Å²) in [5.41, 5.74) is 5.35. The molecule has 34 heavy (non-hydrogen) atoms. The second-order valence-corrected chi connectivity index (χ2v) is 10.9. The van der Waals surface area contributed by atoms with E-state index in [0.717, 1.165) is 40.4 Å². The van der Waals surface area contributed by atoms with Gasteiger partial charge in [-0.05, 0) is 49.8 Å². The highest BCUT2D eigenvalue weighted by atomic mass is 32.2. The van der Waals surface area contributed by atoms with Crippen LogP contribution >= 0.6 is 0 Å². The van der Waals surface area contributed by atoms with Crippen molar-refractivity contribution in [3.63, 3.8) is 0 Å². The zero-order valence-electron chi connectivity index (χ0n) is 19.7. The lowest BCUT2D eigenvalue weighted by Gasteiger charge is -2.37. The van der Waals surface area contributed by atoms with Gasteiger partial charge < -0.3 is 14.5 Å². The first-order chi connectivity index (χ1) is 16.2. The van der Waals surface area contributed by atoms with Gasteiger partial charge in [-0.2, -0.15) is 5.10 Å². The molecular weight excluding hydrogens is 452 g/mol. The van der Waals surface area contributed by atoms with Crippen LogP contribution in [-0.4, -0.2) is 72.6 Å². The normalized spacial score (nSPS) is 20.5. The van der Waals surface area contributed by atoms with Gasteiger partial charge in [0.25, 0.3) is 0 Å². The Morgan fingerprint density at radius 3 is 2.68 bits per heavy atom. The number of morpholine rings is 1. The predicted octanol–water partition coefficient (Wildman–Crippen LogP) is 2.81. The van der Waals surface area contributed by atoms with E-state index in [-0.39, 0.29) is 17.1 Å². The average molecular weight is 481 g/mol. The molecule has 0 saturated carbocycles. The van der Waals surface area contributed by atoms with E-state index in [1.165, 1.54) is 6.26 Å². The van der Waals surface area contributed by atoms with E-state index >= 15 is 0 Å². The number of aromatic amines is 1. The number of hydrogen-bond acceptors (Lipinski definition) is 8. The van der Waals surface area contributed by atoms with Gasteiger partial charge >= 0.3 is 0 Å². The van der Waals surface area contributed by atoms with Crippen LogP contribution in [-0.2, 0) is 14.6 Å². The van der Waals surface area contributed by atoms with Gasteiger partial charge in [-0.15, -0.1) is 0 Å². The molecule has 0 radical (unpaired) electrons. The number of nitrogens with zero attached hydrogens (tertiary/aromatic N) is 5. The quantitative estimate of drug-likeness (QED) is 0.608. The van der Waals surface area contributed by atoms with Crippen LogP contribution in [0.3, 0.4) is 0 Å². The fourth-order valence-corrected chi connectivity index (χ4v) is 5.29. The number of pyridine rings is 2. The molecule has 1 fully saturated rings. The molecule has 178 valence electrons. The summed E-state index contributed by atoms with van der Waals surface area (Å²) in [6.07, 6.45) is 7.01. The molecule has 1 unspecified atom stereocenters. The Hall–Kier alpha value is -3.24. The minimum Gasteiger partial charge on any atom is -0.377 e. The van der Waals surface area contributed by atoms with E-state index in [4.69, 9.17) is 9.72 Å². The molecule has 10 heteroatoms. The monoisotopic (exact) mass is 480 g/mol. The summed E-state index contributed by atoms with van der Waals surface area (Å²) in [7, 11) is -1.38. The maximum Gasteiger partial charge on any atom is 0.192 e. The van der Waals surface area contributed by atoms with Crippen molar-refractivity contribution in [1.29, 1.82) is 0 Å². The first-order valence-corrected chi connectivity index (χ1v) is 13.1. The van der Waals surface area contributed by atoms with Crippen LogP contribution in [0.2, 0.25) is 0 Å². The number of ether oxygens (including phenoxy) is 1. The van der Waals surface area contributed by atoms with Crippen molar-refractivity contribution in [2.45, 2.75) is 31.0 Å². The Morgan fingerprint density at radius 1 is 1.18 bits per heavy atom. The Kier molecular flexibility index (Phi) is 5.65. The zero-order chi connectivity index (χ0) is 24.0. The minimum atomic E-state index is -3.40. The van der Waals surface area contributed by atoms with Crippen molar-refractivity contribution >= 4 is 21.7 Å². The summed E-state index contributed by atoms with van der Waals surface area (Å²) < 4.78 is 29.8. The third kappa shape index (κ3) is 3.97. The van der Waals surface area contributed by atoms with E-state index in [0.29, 0.717) is 18.9 Å². The Balaban J connectivity index is 1.74. The summed E-state index contributed by atoms with van der Waals surface area (Å²) in [4.78, 5) is 14.0. The molecule has 2 atom stereocenters. The van der Waals surface area contributed by atoms with Gasteiger partial charge in [-0.1, -0.05) is 0 Å². The number of rotatable bonds is 4. The molecule has 0 spiro atoms. The highest BCUT2D eigenvalue weighted by Crippen LogP contribution is 2.40. The lowest BCUT2D eigenvalue weighted by molar-refractivity contribution is 0.0985. The van der Waals surface area contributed by atoms with Crippen molar-refractivity contribution in [3.8, 4) is 11.1 Å². The lowest BCUT2D eigenvalue weighted by atomic mass is 9.91. The van der Waals surface area contributed by atoms with Crippen LogP contribution in [0.25, 0.3) is 17.2 Å². The SMILES string of the molecule is Cc1nc(S(C)(=O)=O)ccc1-c1cc(N2CCOC[C@H]2C)nc2c1C=CN(C)C2c1ccn[nH]1.